The molecule has 2 rings (SSSR count). The zero-order valence-electron chi connectivity index (χ0n) is 8.75. The van der Waals surface area contributed by atoms with E-state index < -0.39 is 10.0 Å². The number of thiophene rings is 1. The van der Waals surface area contributed by atoms with Gasteiger partial charge in [0, 0.05) is 6.54 Å². The molecule has 2 aromatic heterocycles. The molecule has 0 atom stereocenters. The van der Waals surface area contributed by atoms with Crippen LogP contribution >= 0.6 is 11.3 Å². The third-order valence-corrected chi connectivity index (χ3v) is 4.91. The predicted octanol–water partition coefficient (Wildman–Crippen LogP) is -0.197. The van der Waals surface area contributed by atoms with Crippen molar-refractivity contribution in [3.63, 3.8) is 0 Å². The van der Waals surface area contributed by atoms with Gasteiger partial charge in [0.1, 0.15) is 16.4 Å². The SMILES string of the molecule is NCc1csc(S(=O)(=O)NCc2ncn[nH]2)c1. The molecular weight excluding hydrogens is 262 g/mol. The Hall–Kier alpha value is -1.29. The first-order chi connectivity index (χ1) is 8.12. The molecule has 17 heavy (non-hydrogen) atoms. The summed E-state index contributed by atoms with van der Waals surface area (Å²) in [4.78, 5) is 3.82. The van der Waals surface area contributed by atoms with Crippen LogP contribution in [0, 0.1) is 0 Å². The molecule has 0 aromatic carbocycles. The van der Waals surface area contributed by atoms with Gasteiger partial charge in [-0.25, -0.2) is 18.1 Å². The van der Waals surface area contributed by atoms with Gasteiger partial charge in [0.2, 0.25) is 10.0 Å². The summed E-state index contributed by atoms with van der Waals surface area (Å²) in [7, 11) is -3.50. The highest BCUT2D eigenvalue weighted by Crippen LogP contribution is 2.19. The molecule has 0 bridgehead atoms. The van der Waals surface area contributed by atoms with E-state index in [9.17, 15) is 8.42 Å². The number of aromatic nitrogens is 3. The molecule has 0 unspecified atom stereocenters. The van der Waals surface area contributed by atoms with E-state index >= 15 is 0 Å². The monoisotopic (exact) mass is 273 g/mol. The van der Waals surface area contributed by atoms with Crippen molar-refractivity contribution < 1.29 is 8.42 Å². The third-order valence-electron chi connectivity index (χ3n) is 2.02. The summed E-state index contributed by atoms with van der Waals surface area (Å²) < 4.78 is 26.4. The maximum atomic E-state index is 11.9. The minimum Gasteiger partial charge on any atom is -0.326 e. The van der Waals surface area contributed by atoms with Gasteiger partial charge in [0.05, 0.1) is 6.54 Å². The highest BCUT2D eigenvalue weighted by atomic mass is 32.2. The van der Waals surface area contributed by atoms with Crippen LogP contribution in [0.25, 0.3) is 0 Å². The average Bonchev–Trinajstić information content (AvgIpc) is 2.98. The summed E-state index contributed by atoms with van der Waals surface area (Å²) in [6.07, 6.45) is 1.32. The standard InChI is InChI=1S/C8H11N5O2S2/c9-2-6-1-8(16-4-6)17(14,15)12-3-7-10-5-11-13-7/h1,4-5,12H,2-3,9H2,(H,10,11,13). The Morgan fingerprint density at radius 1 is 1.53 bits per heavy atom. The molecule has 2 aromatic rings. The van der Waals surface area contributed by atoms with Gasteiger partial charge < -0.3 is 5.73 Å². The molecule has 7 nitrogen and oxygen atoms in total. The average molecular weight is 273 g/mol. The van der Waals surface area contributed by atoms with E-state index in [-0.39, 0.29) is 10.8 Å². The smallest absolute Gasteiger partial charge is 0.250 e. The zero-order valence-corrected chi connectivity index (χ0v) is 10.4. The Labute approximate surface area is 102 Å². The van der Waals surface area contributed by atoms with Crippen LogP contribution in [0.15, 0.2) is 22.0 Å². The maximum Gasteiger partial charge on any atom is 0.250 e. The number of rotatable bonds is 5. The fourth-order valence-electron chi connectivity index (χ4n) is 1.15. The van der Waals surface area contributed by atoms with E-state index in [2.05, 4.69) is 19.9 Å². The van der Waals surface area contributed by atoms with Gasteiger partial charge >= 0.3 is 0 Å². The van der Waals surface area contributed by atoms with Crippen LogP contribution in [0.2, 0.25) is 0 Å². The number of hydrogen-bond acceptors (Lipinski definition) is 6. The molecule has 92 valence electrons. The van der Waals surface area contributed by atoms with E-state index in [0.29, 0.717) is 12.4 Å². The van der Waals surface area contributed by atoms with Crippen molar-refractivity contribution in [2.75, 3.05) is 0 Å². The molecule has 0 amide bonds. The van der Waals surface area contributed by atoms with E-state index in [1.165, 1.54) is 6.33 Å². The lowest BCUT2D eigenvalue weighted by Gasteiger charge is -2.01. The summed E-state index contributed by atoms with van der Waals surface area (Å²) in [6, 6.07) is 1.56. The van der Waals surface area contributed by atoms with Gasteiger partial charge in [0.25, 0.3) is 0 Å². The van der Waals surface area contributed by atoms with Crippen molar-refractivity contribution >= 4 is 21.4 Å². The first-order valence-corrected chi connectivity index (χ1v) is 7.09. The van der Waals surface area contributed by atoms with Gasteiger partial charge in [-0.1, -0.05) is 0 Å². The van der Waals surface area contributed by atoms with Crippen LogP contribution in [0.3, 0.4) is 0 Å². The number of nitrogens with zero attached hydrogens (tertiary/aromatic N) is 2. The molecule has 0 spiro atoms. The summed E-state index contributed by atoms with van der Waals surface area (Å²) in [5, 5.41) is 7.93. The van der Waals surface area contributed by atoms with Gasteiger partial charge in [-0.15, -0.1) is 11.3 Å². The lowest BCUT2D eigenvalue weighted by molar-refractivity contribution is 0.581. The molecule has 0 saturated carbocycles. The second kappa shape index (κ2) is 4.92. The summed E-state index contributed by atoms with van der Waals surface area (Å²) in [6.45, 7) is 0.409. The van der Waals surface area contributed by atoms with Crippen molar-refractivity contribution in [2.24, 2.45) is 5.73 Å². The molecule has 0 aliphatic carbocycles. The van der Waals surface area contributed by atoms with Gasteiger partial charge in [-0.2, -0.15) is 5.10 Å². The number of H-pyrrole nitrogens is 1. The Kier molecular flexibility index (Phi) is 3.52. The predicted molar refractivity (Wildman–Crippen MR) is 62.6 cm³/mol. The second-order valence-electron chi connectivity index (χ2n) is 3.23. The first-order valence-electron chi connectivity index (χ1n) is 4.73. The fourth-order valence-corrected chi connectivity index (χ4v) is 3.41. The maximum absolute atomic E-state index is 11.9. The molecule has 0 saturated heterocycles. The summed E-state index contributed by atoms with van der Waals surface area (Å²) in [5.41, 5.74) is 6.23. The van der Waals surface area contributed by atoms with Crippen molar-refractivity contribution in [1.29, 1.82) is 0 Å². The van der Waals surface area contributed by atoms with Gasteiger partial charge in [-0.05, 0) is 17.0 Å². The molecule has 4 N–H and O–H groups in total. The summed E-state index contributed by atoms with van der Waals surface area (Å²) >= 11 is 1.14. The van der Waals surface area contributed by atoms with Gasteiger partial charge in [0.15, 0.2) is 0 Å². The van der Waals surface area contributed by atoms with E-state index in [0.717, 1.165) is 16.9 Å². The lowest BCUT2D eigenvalue weighted by atomic mass is 10.4. The zero-order chi connectivity index (χ0) is 12.3. The highest BCUT2D eigenvalue weighted by molar-refractivity contribution is 7.91. The molecule has 0 fully saturated rings. The first kappa shape index (κ1) is 12.2. The minimum absolute atomic E-state index is 0.0815. The Morgan fingerprint density at radius 3 is 2.94 bits per heavy atom. The quantitative estimate of drug-likeness (QED) is 0.698. The van der Waals surface area contributed by atoms with Crippen molar-refractivity contribution in [3.8, 4) is 0 Å². The van der Waals surface area contributed by atoms with Crippen LogP contribution in [0.1, 0.15) is 11.4 Å². The number of aromatic amines is 1. The van der Waals surface area contributed by atoms with E-state index in [4.69, 9.17) is 5.73 Å². The second-order valence-corrected chi connectivity index (χ2v) is 6.14. The number of nitrogens with two attached hydrogens (primary N) is 1. The van der Waals surface area contributed by atoms with Crippen molar-refractivity contribution in [3.05, 3.63) is 29.2 Å². The molecule has 0 aliphatic rings. The molecular formula is C8H11N5O2S2. The van der Waals surface area contributed by atoms with Crippen molar-refractivity contribution in [2.45, 2.75) is 17.3 Å². The molecule has 0 radical (unpaired) electrons. The van der Waals surface area contributed by atoms with Crippen LogP contribution < -0.4 is 10.5 Å². The molecule has 9 heteroatoms. The van der Waals surface area contributed by atoms with Crippen molar-refractivity contribution in [1.82, 2.24) is 19.9 Å². The molecule has 2 heterocycles. The topological polar surface area (TPSA) is 114 Å². The van der Waals surface area contributed by atoms with Crippen LogP contribution in [-0.4, -0.2) is 23.6 Å². The highest BCUT2D eigenvalue weighted by Gasteiger charge is 2.16. The van der Waals surface area contributed by atoms with Crippen LogP contribution in [-0.2, 0) is 23.1 Å². The largest absolute Gasteiger partial charge is 0.326 e. The normalized spacial score (nSPS) is 11.8. The number of nitrogens with one attached hydrogen (secondary N) is 2. The Morgan fingerprint density at radius 2 is 2.35 bits per heavy atom. The minimum atomic E-state index is -3.50. The summed E-state index contributed by atoms with van der Waals surface area (Å²) in [5.74, 6) is 0.462. The van der Waals surface area contributed by atoms with Crippen LogP contribution in [0.5, 0.6) is 0 Å². The fraction of sp³-hybridized carbons (Fsp3) is 0.250. The van der Waals surface area contributed by atoms with Crippen LogP contribution in [0.4, 0.5) is 0 Å². The number of sulfonamides is 1. The van der Waals surface area contributed by atoms with E-state index in [1.807, 2.05) is 0 Å². The molecule has 0 aliphatic heterocycles. The third kappa shape index (κ3) is 2.88. The lowest BCUT2D eigenvalue weighted by Crippen LogP contribution is -2.23. The number of hydrogen-bond donors (Lipinski definition) is 3. The van der Waals surface area contributed by atoms with E-state index in [1.54, 1.807) is 11.4 Å². The Balaban J connectivity index is 2.08. The van der Waals surface area contributed by atoms with Gasteiger partial charge in [-0.3, -0.25) is 5.10 Å². The Bertz CT molecular complexity index is 575.